The Morgan fingerprint density at radius 2 is 1.64 bits per heavy atom. The maximum atomic E-state index is 13.2. The number of hydrogen-bond acceptors (Lipinski definition) is 7. The molecule has 0 spiro atoms. The smallest absolute Gasteiger partial charge is 0.416 e. The Hall–Kier alpha value is -4.39. The molecule has 0 unspecified atom stereocenters. The number of fused-ring (bicyclic) bond motifs is 1. The highest BCUT2D eigenvalue weighted by Crippen LogP contribution is 2.38. The lowest BCUT2D eigenvalue weighted by molar-refractivity contribution is -0.138. The van der Waals surface area contributed by atoms with E-state index >= 15 is 0 Å². The fourth-order valence-electron chi connectivity index (χ4n) is 4.06. The number of aliphatic carboxylic acids is 1. The molecule has 9 nitrogen and oxygen atoms in total. The SMILES string of the molecule is COc1cc(C[C@@H](Nc2ccc3[nH]cc(S(=O)(=O)c4ccc(C(F)(F)F)cc4)c3c2)C(=O)O)cc(OC)c1O. The Labute approximate surface area is 220 Å². The fourth-order valence-corrected chi connectivity index (χ4v) is 5.48. The summed E-state index contributed by atoms with van der Waals surface area (Å²) in [5, 5.41) is 23.0. The van der Waals surface area contributed by atoms with Crippen LogP contribution in [-0.4, -0.2) is 49.8 Å². The molecule has 4 rings (SSSR count). The number of H-pyrrole nitrogens is 1. The van der Waals surface area contributed by atoms with E-state index in [2.05, 4.69) is 10.3 Å². The van der Waals surface area contributed by atoms with Gasteiger partial charge in [0, 0.05) is 29.2 Å². The van der Waals surface area contributed by atoms with E-state index in [4.69, 9.17) is 9.47 Å². The van der Waals surface area contributed by atoms with E-state index in [-0.39, 0.29) is 44.5 Å². The fraction of sp³-hybridized carbons (Fsp3) is 0.192. The largest absolute Gasteiger partial charge is 0.502 e. The highest BCUT2D eigenvalue weighted by Gasteiger charge is 2.31. The molecule has 0 radical (unpaired) electrons. The van der Waals surface area contributed by atoms with Gasteiger partial charge in [-0.15, -0.1) is 0 Å². The zero-order valence-corrected chi connectivity index (χ0v) is 21.4. The molecule has 0 saturated heterocycles. The Morgan fingerprint density at radius 3 is 2.18 bits per heavy atom. The molecule has 1 aromatic heterocycles. The summed E-state index contributed by atoms with van der Waals surface area (Å²) in [5.74, 6) is -1.24. The maximum absolute atomic E-state index is 13.2. The first-order valence-corrected chi connectivity index (χ1v) is 12.8. The number of sulfone groups is 1. The Balaban J connectivity index is 1.65. The number of benzene rings is 3. The number of carboxylic acids is 1. The molecule has 1 atom stereocenters. The minimum absolute atomic E-state index is 0.0514. The minimum atomic E-state index is -4.61. The normalized spacial score (nSPS) is 12.7. The van der Waals surface area contributed by atoms with Crippen molar-refractivity contribution in [1.82, 2.24) is 4.98 Å². The number of phenols is 1. The van der Waals surface area contributed by atoms with Crippen LogP contribution >= 0.6 is 0 Å². The van der Waals surface area contributed by atoms with Crippen molar-refractivity contribution in [3.05, 3.63) is 71.9 Å². The van der Waals surface area contributed by atoms with Crippen molar-refractivity contribution >= 4 is 32.4 Å². The second-order valence-corrected chi connectivity index (χ2v) is 10.4. The molecule has 39 heavy (non-hydrogen) atoms. The predicted octanol–water partition coefficient (Wildman–Crippen LogP) is 4.85. The van der Waals surface area contributed by atoms with Gasteiger partial charge >= 0.3 is 12.1 Å². The summed E-state index contributed by atoms with van der Waals surface area (Å²) >= 11 is 0. The van der Waals surface area contributed by atoms with Crippen LogP contribution in [0.2, 0.25) is 0 Å². The number of methoxy groups -OCH3 is 2. The number of hydrogen-bond donors (Lipinski definition) is 4. The van der Waals surface area contributed by atoms with Crippen molar-refractivity contribution in [1.29, 1.82) is 0 Å². The molecular formula is C26H23F3N2O7S. The van der Waals surface area contributed by atoms with Gasteiger partial charge in [0.1, 0.15) is 6.04 Å². The summed E-state index contributed by atoms with van der Waals surface area (Å²) < 4.78 is 75.4. The molecule has 3 aromatic carbocycles. The molecular weight excluding hydrogens is 541 g/mol. The Morgan fingerprint density at radius 1 is 1.03 bits per heavy atom. The molecule has 13 heteroatoms. The van der Waals surface area contributed by atoms with Gasteiger partial charge in [-0.25, -0.2) is 13.2 Å². The number of anilines is 1. The van der Waals surface area contributed by atoms with Crippen LogP contribution in [0.5, 0.6) is 17.2 Å². The van der Waals surface area contributed by atoms with Gasteiger partial charge in [-0.1, -0.05) is 0 Å². The van der Waals surface area contributed by atoms with Gasteiger partial charge in [-0.05, 0) is 60.2 Å². The van der Waals surface area contributed by atoms with Crippen molar-refractivity contribution < 1.29 is 46.1 Å². The van der Waals surface area contributed by atoms with E-state index in [9.17, 15) is 36.6 Å². The summed E-state index contributed by atoms with van der Waals surface area (Å²) in [6, 6.07) is 9.49. The summed E-state index contributed by atoms with van der Waals surface area (Å²) in [5.41, 5.74) is 0.215. The summed E-state index contributed by atoms with van der Waals surface area (Å²) in [4.78, 5) is 14.4. The van der Waals surface area contributed by atoms with E-state index in [1.165, 1.54) is 38.6 Å². The summed E-state index contributed by atoms with van der Waals surface area (Å²) in [7, 11) is -1.53. The highest BCUT2D eigenvalue weighted by atomic mass is 32.2. The van der Waals surface area contributed by atoms with Gasteiger partial charge in [0.05, 0.1) is 29.6 Å². The van der Waals surface area contributed by atoms with E-state index < -0.39 is 33.6 Å². The first kappa shape index (κ1) is 27.6. The van der Waals surface area contributed by atoms with Crippen LogP contribution in [0.4, 0.5) is 18.9 Å². The molecule has 0 fully saturated rings. The number of phenolic OH excluding ortho intramolecular Hbond substituents is 1. The zero-order chi connectivity index (χ0) is 28.5. The zero-order valence-electron chi connectivity index (χ0n) is 20.5. The second-order valence-electron chi connectivity index (χ2n) is 8.53. The van der Waals surface area contributed by atoms with Crippen LogP contribution in [0, 0.1) is 0 Å². The number of aromatic amines is 1. The molecule has 0 bridgehead atoms. The van der Waals surface area contributed by atoms with Crippen molar-refractivity contribution in [2.45, 2.75) is 28.4 Å². The molecule has 4 N–H and O–H groups in total. The van der Waals surface area contributed by atoms with Crippen molar-refractivity contribution in [3.8, 4) is 17.2 Å². The third kappa shape index (κ3) is 5.58. The number of aromatic nitrogens is 1. The molecule has 0 amide bonds. The number of alkyl halides is 3. The van der Waals surface area contributed by atoms with Crippen LogP contribution in [0.15, 0.2) is 70.6 Å². The second kappa shape index (κ2) is 10.4. The number of carbonyl (C=O) groups is 1. The van der Waals surface area contributed by atoms with Crippen LogP contribution in [0.1, 0.15) is 11.1 Å². The third-order valence-electron chi connectivity index (χ3n) is 6.04. The molecule has 206 valence electrons. The standard InChI is InChI=1S/C26H23F3N2O7S/c1-37-21-10-14(11-22(38-2)24(21)32)9-20(25(33)34)31-16-5-8-19-18(12-16)23(13-30-19)39(35,36)17-6-3-15(4-7-17)26(27,28)29/h3-8,10-13,20,30-32H,9H2,1-2H3,(H,33,34)/t20-/m1/s1. The van der Waals surface area contributed by atoms with E-state index in [0.717, 1.165) is 12.1 Å². The molecule has 0 aliphatic rings. The topological polar surface area (TPSA) is 138 Å². The van der Waals surface area contributed by atoms with Crippen LogP contribution in [0.25, 0.3) is 10.9 Å². The van der Waals surface area contributed by atoms with E-state index in [1.807, 2.05) is 0 Å². The molecule has 0 aliphatic heterocycles. The molecule has 1 heterocycles. The number of nitrogens with one attached hydrogen (secondary N) is 2. The van der Waals surface area contributed by atoms with Gasteiger partial charge in [0.2, 0.25) is 15.6 Å². The third-order valence-corrected chi connectivity index (χ3v) is 7.85. The monoisotopic (exact) mass is 564 g/mol. The Kier molecular flexibility index (Phi) is 7.37. The highest BCUT2D eigenvalue weighted by molar-refractivity contribution is 7.91. The van der Waals surface area contributed by atoms with E-state index in [0.29, 0.717) is 23.2 Å². The number of rotatable bonds is 9. The average Bonchev–Trinajstić information content (AvgIpc) is 3.32. The maximum Gasteiger partial charge on any atom is 0.416 e. The van der Waals surface area contributed by atoms with Gasteiger partial charge in [-0.2, -0.15) is 13.2 Å². The quantitative estimate of drug-likeness (QED) is 0.226. The number of ether oxygens (including phenoxy) is 2. The van der Waals surface area contributed by atoms with Crippen molar-refractivity contribution in [2.24, 2.45) is 0 Å². The van der Waals surface area contributed by atoms with Crippen LogP contribution < -0.4 is 14.8 Å². The van der Waals surface area contributed by atoms with Gasteiger partial charge in [0.15, 0.2) is 11.5 Å². The van der Waals surface area contributed by atoms with Gasteiger partial charge in [0.25, 0.3) is 0 Å². The number of aromatic hydroxyl groups is 1. The Bertz CT molecular complexity index is 1610. The van der Waals surface area contributed by atoms with E-state index in [1.54, 1.807) is 12.1 Å². The van der Waals surface area contributed by atoms with Gasteiger partial charge in [-0.3, -0.25) is 0 Å². The average molecular weight is 565 g/mol. The number of carboxylic acid groups (broad SMARTS) is 1. The minimum Gasteiger partial charge on any atom is -0.502 e. The summed E-state index contributed by atoms with van der Waals surface area (Å²) in [6.45, 7) is 0. The summed E-state index contributed by atoms with van der Waals surface area (Å²) in [6.07, 6.45) is -3.43. The molecule has 0 saturated carbocycles. The lowest BCUT2D eigenvalue weighted by Crippen LogP contribution is -2.31. The number of halogens is 3. The first-order chi connectivity index (χ1) is 18.3. The van der Waals surface area contributed by atoms with Crippen molar-refractivity contribution in [2.75, 3.05) is 19.5 Å². The lowest BCUT2D eigenvalue weighted by Gasteiger charge is -2.18. The van der Waals surface area contributed by atoms with Crippen LogP contribution in [-0.2, 0) is 27.2 Å². The van der Waals surface area contributed by atoms with Crippen LogP contribution in [0.3, 0.4) is 0 Å². The molecule has 4 aromatic rings. The first-order valence-electron chi connectivity index (χ1n) is 11.3. The predicted molar refractivity (Wildman–Crippen MR) is 135 cm³/mol. The lowest BCUT2D eigenvalue weighted by atomic mass is 10.0. The molecule has 0 aliphatic carbocycles. The van der Waals surface area contributed by atoms with Crippen molar-refractivity contribution in [3.63, 3.8) is 0 Å². The van der Waals surface area contributed by atoms with Gasteiger partial charge < -0.3 is 30.0 Å².